The van der Waals surface area contributed by atoms with Crippen LogP contribution in [0, 0.1) is 6.92 Å². The molecule has 0 atom stereocenters. The molecular formula is C34H33F3N6O3. The second-order valence-corrected chi connectivity index (χ2v) is 12.0. The number of nitrogens with zero attached hydrogens (tertiary/aromatic N) is 6. The quantitative estimate of drug-likeness (QED) is 0.219. The second kappa shape index (κ2) is 11.6. The van der Waals surface area contributed by atoms with E-state index in [9.17, 15) is 18.0 Å². The summed E-state index contributed by atoms with van der Waals surface area (Å²) in [6.45, 7) is 3.86. The third kappa shape index (κ3) is 5.40. The van der Waals surface area contributed by atoms with Gasteiger partial charge in [-0.3, -0.25) is 14.5 Å². The van der Waals surface area contributed by atoms with Gasteiger partial charge in [0.05, 0.1) is 24.6 Å². The Morgan fingerprint density at radius 3 is 2.57 bits per heavy atom. The van der Waals surface area contributed by atoms with Gasteiger partial charge in [0.2, 0.25) is 0 Å². The first kappa shape index (κ1) is 30.0. The maximum absolute atomic E-state index is 14.5. The van der Waals surface area contributed by atoms with Gasteiger partial charge >= 0.3 is 6.18 Å². The van der Waals surface area contributed by atoms with Crippen LogP contribution in [0.1, 0.15) is 57.2 Å². The van der Waals surface area contributed by atoms with Crippen molar-refractivity contribution in [3.63, 3.8) is 0 Å². The topological polar surface area (TPSA) is 87.3 Å². The number of methoxy groups -OCH3 is 1. The number of imidazole rings is 1. The molecule has 46 heavy (non-hydrogen) atoms. The Bertz CT molecular complexity index is 1940. The minimum atomic E-state index is -4.66. The molecule has 2 aromatic carbocycles. The molecule has 0 aliphatic carbocycles. The van der Waals surface area contributed by atoms with Gasteiger partial charge in [0, 0.05) is 74.1 Å². The number of halogens is 3. The summed E-state index contributed by atoms with van der Waals surface area (Å²) in [4.78, 5) is 25.3. The monoisotopic (exact) mass is 630 g/mol. The number of carbonyl (C=O) groups is 1. The van der Waals surface area contributed by atoms with Crippen LogP contribution in [-0.4, -0.2) is 57.1 Å². The molecule has 5 aromatic rings. The number of amides is 1. The minimum Gasteiger partial charge on any atom is -0.497 e. The Hall–Kier alpha value is -4.71. The predicted octanol–water partition coefficient (Wildman–Crippen LogP) is 6.31. The molecule has 0 bridgehead atoms. The Labute approximate surface area is 263 Å². The number of ether oxygens (including phenoxy) is 2. The highest BCUT2D eigenvalue weighted by Crippen LogP contribution is 2.43. The zero-order valence-corrected chi connectivity index (χ0v) is 25.8. The number of anilines is 1. The lowest BCUT2D eigenvalue weighted by Crippen LogP contribution is -2.38. The van der Waals surface area contributed by atoms with Crippen molar-refractivity contribution in [2.24, 2.45) is 7.05 Å². The molecule has 12 heteroatoms. The van der Waals surface area contributed by atoms with E-state index < -0.39 is 11.9 Å². The number of aryl methyl sites for hydroxylation is 2. The molecule has 2 aliphatic rings. The van der Waals surface area contributed by atoms with Crippen LogP contribution in [0.3, 0.4) is 0 Å². The molecule has 238 valence electrons. The fourth-order valence-electron chi connectivity index (χ4n) is 6.80. The molecule has 5 heterocycles. The van der Waals surface area contributed by atoms with Gasteiger partial charge in [0.25, 0.3) is 5.91 Å². The van der Waals surface area contributed by atoms with Crippen molar-refractivity contribution in [1.29, 1.82) is 0 Å². The van der Waals surface area contributed by atoms with Crippen LogP contribution in [0.15, 0.2) is 55.2 Å². The first-order valence-electron chi connectivity index (χ1n) is 15.2. The number of hydrogen-bond donors (Lipinski definition) is 0. The second-order valence-electron chi connectivity index (χ2n) is 12.0. The van der Waals surface area contributed by atoms with Crippen molar-refractivity contribution in [1.82, 2.24) is 24.3 Å². The molecule has 2 aliphatic heterocycles. The summed E-state index contributed by atoms with van der Waals surface area (Å²) in [6, 6.07) is 9.38. The summed E-state index contributed by atoms with van der Waals surface area (Å²) in [7, 11) is 3.09. The summed E-state index contributed by atoms with van der Waals surface area (Å²) in [6.07, 6.45) is 3.83. The molecule has 3 aromatic heterocycles. The van der Waals surface area contributed by atoms with E-state index in [2.05, 4.69) is 10.1 Å². The molecule has 0 saturated carbocycles. The molecule has 1 amide bonds. The van der Waals surface area contributed by atoms with E-state index in [4.69, 9.17) is 14.5 Å². The summed E-state index contributed by atoms with van der Waals surface area (Å²) in [5.41, 5.74) is 4.30. The smallest absolute Gasteiger partial charge is 0.435 e. The fraction of sp³-hybridized carbons (Fsp3) is 0.353. The summed E-state index contributed by atoms with van der Waals surface area (Å²) in [5, 5.41) is 4.55. The Morgan fingerprint density at radius 2 is 1.85 bits per heavy atom. The summed E-state index contributed by atoms with van der Waals surface area (Å²) in [5.74, 6) is 0.628. The first-order chi connectivity index (χ1) is 22.1. The van der Waals surface area contributed by atoms with Crippen molar-refractivity contribution < 1.29 is 27.4 Å². The molecule has 0 radical (unpaired) electrons. The van der Waals surface area contributed by atoms with Crippen LogP contribution in [0.4, 0.5) is 18.9 Å². The van der Waals surface area contributed by atoms with E-state index in [1.807, 2.05) is 29.7 Å². The van der Waals surface area contributed by atoms with Crippen molar-refractivity contribution >= 4 is 22.5 Å². The average molecular weight is 631 g/mol. The van der Waals surface area contributed by atoms with Crippen LogP contribution in [0.2, 0.25) is 0 Å². The third-order valence-electron chi connectivity index (χ3n) is 8.89. The van der Waals surface area contributed by atoms with E-state index in [0.29, 0.717) is 59.9 Å². The van der Waals surface area contributed by atoms with E-state index in [0.717, 1.165) is 35.0 Å². The lowest BCUT2D eigenvalue weighted by molar-refractivity contribution is -0.140. The molecule has 0 spiro atoms. The Kier molecular flexibility index (Phi) is 7.54. The number of pyridine rings is 1. The van der Waals surface area contributed by atoms with Crippen LogP contribution in [-0.2, 0) is 30.9 Å². The highest BCUT2D eigenvalue weighted by atomic mass is 19.4. The lowest BCUT2D eigenvalue weighted by atomic mass is 9.87. The molecule has 7 rings (SSSR count). The average Bonchev–Trinajstić information content (AvgIpc) is 3.70. The SMILES string of the molecule is COc1cc(C2CCOCC2)c2nc(C)cc(N3CCc4c(cc(Cn5ccnc5)cc4-c4cn(C)nc4C(F)(F)F)C3=O)c2c1. The van der Waals surface area contributed by atoms with Crippen molar-refractivity contribution in [3.05, 3.63) is 88.9 Å². The first-order valence-corrected chi connectivity index (χ1v) is 15.2. The number of aromatic nitrogens is 5. The number of alkyl halides is 3. The van der Waals surface area contributed by atoms with Crippen molar-refractivity contribution in [2.45, 2.75) is 44.8 Å². The number of benzene rings is 2. The molecule has 1 saturated heterocycles. The minimum absolute atomic E-state index is 0.0453. The van der Waals surface area contributed by atoms with E-state index in [1.165, 1.54) is 17.9 Å². The zero-order chi connectivity index (χ0) is 32.2. The predicted molar refractivity (Wildman–Crippen MR) is 166 cm³/mol. The van der Waals surface area contributed by atoms with Crippen LogP contribution >= 0.6 is 0 Å². The van der Waals surface area contributed by atoms with Gasteiger partial charge in [-0.2, -0.15) is 18.3 Å². The largest absolute Gasteiger partial charge is 0.497 e. The van der Waals surface area contributed by atoms with Gasteiger partial charge < -0.3 is 18.9 Å². The molecular weight excluding hydrogens is 597 g/mol. The highest BCUT2D eigenvalue weighted by Gasteiger charge is 2.39. The standard InChI is InChI=1S/C34H33F3N6O3/c1-20-12-30(28-16-23(45-3)15-25(31(28)39-20)22-5-10-46-11-6-22)43-8-4-24-26(29-18-41(2)40-32(29)34(35,36)37)13-21(14-27(24)33(43)44)17-42-9-7-38-19-42/h7,9,12-16,18-19,22H,4-6,8,10-11,17H2,1-3H3. The van der Waals surface area contributed by atoms with Gasteiger partial charge in [-0.15, -0.1) is 0 Å². The van der Waals surface area contributed by atoms with E-state index in [1.54, 1.807) is 42.9 Å². The van der Waals surface area contributed by atoms with Crippen molar-refractivity contribution in [2.75, 3.05) is 31.8 Å². The van der Waals surface area contributed by atoms with Crippen LogP contribution < -0.4 is 9.64 Å². The summed E-state index contributed by atoms with van der Waals surface area (Å²) < 4.78 is 56.8. The van der Waals surface area contributed by atoms with E-state index >= 15 is 0 Å². The number of carbonyl (C=O) groups excluding carboxylic acids is 1. The molecule has 1 fully saturated rings. The maximum atomic E-state index is 14.5. The number of fused-ring (bicyclic) bond motifs is 2. The van der Waals surface area contributed by atoms with Gasteiger partial charge in [0.1, 0.15) is 5.75 Å². The Morgan fingerprint density at radius 1 is 1.07 bits per heavy atom. The van der Waals surface area contributed by atoms with Gasteiger partial charge in [-0.25, -0.2) is 4.98 Å². The fourth-order valence-corrected chi connectivity index (χ4v) is 6.80. The normalized spacial score (nSPS) is 15.9. The lowest BCUT2D eigenvalue weighted by Gasteiger charge is -2.32. The molecule has 0 N–H and O–H groups in total. The maximum Gasteiger partial charge on any atom is 0.435 e. The highest BCUT2D eigenvalue weighted by molar-refractivity contribution is 6.13. The summed E-state index contributed by atoms with van der Waals surface area (Å²) >= 11 is 0. The zero-order valence-electron chi connectivity index (χ0n) is 25.8. The van der Waals surface area contributed by atoms with Crippen LogP contribution in [0.25, 0.3) is 22.0 Å². The van der Waals surface area contributed by atoms with E-state index in [-0.39, 0.29) is 23.9 Å². The van der Waals surface area contributed by atoms with Crippen molar-refractivity contribution in [3.8, 4) is 16.9 Å². The number of hydrogen-bond acceptors (Lipinski definition) is 6. The van der Waals surface area contributed by atoms with Gasteiger partial charge in [-0.05, 0) is 84.7 Å². The van der Waals surface area contributed by atoms with Gasteiger partial charge in [-0.1, -0.05) is 0 Å². The Balaban J connectivity index is 1.39. The van der Waals surface area contributed by atoms with Crippen LogP contribution in [0.5, 0.6) is 5.75 Å². The van der Waals surface area contributed by atoms with Gasteiger partial charge in [0.15, 0.2) is 5.69 Å². The number of rotatable bonds is 6. The third-order valence-corrected chi connectivity index (χ3v) is 8.89. The molecule has 9 nitrogen and oxygen atoms in total. The molecule has 0 unspecified atom stereocenters.